The monoisotopic (exact) mass is 434 g/mol. The molecule has 1 aliphatic rings. The van der Waals surface area contributed by atoms with Gasteiger partial charge in [0, 0.05) is 18.7 Å². The average molecular weight is 435 g/mol. The molecule has 0 aliphatic carbocycles. The second kappa shape index (κ2) is 7.77. The Morgan fingerprint density at radius 1 is 1.31 bits per heavy atom. The van der Waals surface area contributed by atoms with Crippen molar-refractivity contribution in [3.63, 3.8) is 0 Å². The first-order valence-corrected chi connectivity index (χ1v) is 11.2. The van der Waals surface area contributed by atoms with Gasteiger partial charge < -0.3 is 5.32 Å². The third kappa shape index (κ3) is 4.34. The van der Waals surface area contributed by atoms with Gasteiger partial charge in [0.15, 0.2) is 5.01 Å². The lowest BCUT2D eigenvalue weighted by Gasteiger charge is -2.29. The Bertz CT molecular complexity index is 912. The maximum absolute atomic E-state index is 12.5. The Hall–Kier alpha value is -1.26. The highest BCUT2D eigenvalue weighted by molar-refractivity contribution is 7.88. The summed E-state index contributed by atoms with van der Waals surface area (Å²) in [7, 11) is -3.31. The number of nitrogens with zero attached hydrogens (tertiary/aromatic N) is 3. The van der Waals surface area contributed by atoms with Crippen molar-refractivity contribution in [2.24, 2.45) is 5.92 Å². The molecule has 140 valence electrons. The van der Waals surface area contributed by atoms with Gasteiger partial charge in [-0.25, -0.2) is 12.7 Å². The number of hydrogen-bond donors (Lipinski definition) is 1. The first-order chi connectivity index (χ1) is 12.3. The van der Waals surface area contributed by atoms with Gasteiger partial charge >= 0.3 is 0 Å². The Morgan fingerprint density at radius 2 is 2.00 bits per heavy atom. The standard InChI is InChI=1S/C15H16Cl2N4O3S2/c1-26(23,24)21-7-3-4-9(8-21)13(22)18-15-20-19-14(25-15)12-10(16)5-2-6-11(12)17/h2,5-6,9H,3-4,7-8H2,1H3,(H,18,20,22)/t9-/m0/s1. The molecule has 7 nitrogen and oxygen atoms in total. The van der Waals surface area contributed by atoms with Crippen LogP contribution in [0, 0.1) is 5.92 Å². The van der Waals surface area contributed by atoms with Gasteiger partial charge in [-0.05, 0) is 25.0 Å². The molecule has 1 amide bonds. The Labute approximate surface area is 165 Å². The molecular formula is C15H16Cl2N4O3S2. The topological polar surface area (TPSA) is 92.3 Å². The zero-order valence-electron chi connectivity index (χ0n) is 13.8. The van der Waals surface area contributed by atoms with Gasteiger partial charge in [0.25, 0.3) is 0 Å². The van der Waals surface area contributed by atoms with Crippen LogP contribution in [-0.2, 0) is 14.8 Å². The number of nitrogens with one attached hydrogen (secondary N) is 1. The maximum atomic E-state index is 12.5. The molecule has 0 saturated carbocycles. The molecule has 1 saturated heterocycles. The van der Waals surface area contributed by atoms with E-state index in [1.807, 2.05) is 0 Å². The number of anilines is 1. The zero-order valence-corrected chi connectivity index (χ0v) is 16.9. The summed E-state index contributed by atoms with van der Waals surface area (Å²) < 4.78 is 24.7. The van der Waals surface area contributed by atoms with Crippen molar-refractivity contribution in [2.75, 3.05) is 24.7 Å². The lowest BCUT2D eigenvalue weighted by Crippen LogP contribution is -2.43. The van der Waals surface area contributed by atoms with Gasteiger partial charge in [0.05, 0.1) is 22.2 Å². The first-order valence-electron chi connectivity index (χ1n) is 7.79. The van der Waals surface area contributed by atoms with E-state index in [1.165, 1.54) is 4.31 Å². The van der Waals surface area contributed by atoms with Crippen molar-refractivity contribution < 1.29 is 13.2 Å². The minimum Gasteiger partial charge on any atom is -0.300 e. The molecule has 11 heteroatoms. The largest absolute Gasteiger partial charge is 0.300 e. The molecule has 1 aromatic carbocycles. The average Bonchev–Trinajstić information content (AvgIpc) is 3.02. The third-order valence-corrected chi connectivity index (χ3v) is 6.81. The fraction of sp³-hybridized carbons (Fsp3) is 0.400. The van der Waals surface area contributed by atoms with Crippen molar-refractivity contribution in [3.05, 3.63) is 28.2 Å². The van der Waals surface area contributed by atoms with Crippen molar-refractivity contribution in [1.29, 1.82) is 0 Å². The molecule has 2 heterocycles. The van der Waals surface area contributed by atoms with E-state index in [9.17, 15) is 13.2 Å². The van der Waals surface area contributed by atoms with Crippen LogP contribution >= 0.6 is 34.5 Å². The maximum Gasteiger partial charge on any atom is 0.230 e. The van der Waals surface area contributed by atoms with Crippen molar-refractivity contribution in [3.8, 4) is 10.6 Å². The Balaban J connectivity index is 1.72. The van der Waals surface area contributed by atoms with Gasteiger partial charge in [0.1, 0.15) is 0 Å². The summed E-state index contributed by atoms with van der Waals surface area (Å²) in [6.45, 7) is 0.614. The minimum absolute atomic E-state index is 0.173. The Kier molecular flexibility index (Phi) is 5.83. The van der Waals surface area contributed by atoms with Crippen LogP contribution in [0.15, 0.2) is 18.2 Å². The van der Waals surface area contributed by atoms with E-state index in [0.717, 1.165) is 17.6 Å². The van der Waals surface area contributed by atoms with Crippen LogP contribution in [0.25, 0.3) is 10.6 Å². The highest BCUT2D eigenvalue weighted by Crippen LogP contribution is 2.37. The van der Waals surface area contributed by atoms with Crippen molar-refractivity contribution >= 4 is 55.6 Å². The Morgan fingerprint density at radius 3 is 2.65 bits per heavy atom. The molecule has 1 aromatic heterocycles. The summed E-state index contributed by atoms with van der Waals surface area (Å²) in [5, 5.41) is 12.4. The van der Waals surface area contributed by atoms with Gasteiger partial charge in [-0.3, -0.25) is 4.79 Å². The van der Waals surface area contributed by atoms with Crippen LogP contribution in [0.4, 0.5) is 5.13 Å². The lowest BCUT2D eigenvalue weighted by molar-refractivity contribution is -0.120. The van der Waals surface area contributed by atoms with E-state index in [1.54, 1.807) is 18.2 Å². The van der Waals surface area contributed by atoms with E-state index in [0.29, 0.717) is 45.1 Å². The van der Waals surface area contributed by atoms with Crippen molar-refractivity contribution in [1.82, 2.24) is 14.5 Å². The zero-order chi connectivity index (χ0) is 18.9. The van der Waals surface area contributed by atoms with Gasteiger partial charge in [-0.15, -0.1) is 10.2 Å². The number of carbonyl (C=O) groups is 1. The second-order valence-corrected chi connectivity index (χ2v) is 9.73. The number of amides is 1. The number of piperidine rings is 1. The fourth-order valence-corrected chi connectivity index (χ4v) is 5.16. The van der Waals surface area contributed by atoms with Gasteiger partial charge in [-0.2, -0.15) is 0 Å². The second-order valence-electron chi connectivity index (χ2n) is 5.96. The smallest absolute Gasteiger partial charge is 0.230 e. The van der Waals surface area contributed by atoms with Crippen LogP contribution in [-0.4, -0.2) is 48.2 Å². The van der Waals surface area contributed by atoms with Crippen LogP contribution in [0.3, 0.4) is 0 Å². The molecule has 1 aliphatic heterocycles. The van der Waals surface area contributed by atoms with E-state index >= 15 is 0 Å². The summed E-state index contributed by atoms with van der Waals surface area (Å²) in [6, 6.07) is 5.13. The normalized spacial score (nSPS) is 18.7. The molecular weight excluding hydrogens is 419 g/mol. The first kappa shape index (κ1) is 19.5. The number of halogens is 2. The number of aromatic nitrogens is 2. The SMILES string of the molecule is CS(=O)(=O)N1CCC[C@H](C(=O)Nc2nnc(-c3c(Cl)cccc3Cl)s2)C1. The quantitative estimate of drug-likeness (QED) is 0.797. The van der Waals surface area contributed by atoms with E-state index in [2.05, 4.69) is 15.5 Å². The number of benzene rings is 1. The summed E-state index contributed by atoms with van der Waals surface area (Å²) in [4.78, 5) is 12.5. The highest BCUT2D eigenvalue weighted by atomic mass is 35.5. The highest BCUT2D eigenvalue weighted by Gasteiger charge is 2.30. The molecule has 26 heavy (non-hydrogen) atoms. The molecule has 2 aromatic rings. The molecule has 0 spiro atoms. The number of carbonyl (C=O) groups excluding carboxylic acids is 1. The van der Waals surface area contributed by atoms with Gasteiger partial charge in [0.2, 0.25) is 21.1 Å². The predicted octanol–water partition coefficient (Wildman–Crippen LogP) is 3.12. The van der Waals surface area contributed by atoms with E-state index in [-0.39, 0.29) is 12.5 Å². The van der Waals surface area contributed by atoms with E-state index in [4.69, 9.17) is 23.2 Å². The molecule has 0 radical (unpaired) electrons. The fourth-order valence-electron chi connectivity index (χ4n) is 2.74. The number of hydrogen-bond acceptors (Lipinski definition) is 6. The van der Waals surface area contributed by atoms with Crippen molar-refractivity contribution in [2.45, 2.75) is 12.8 Å². The molecule has 0 bridgehead atoms. The number of rotatable bonds is 4. The third-order valence-electron chi connectivity index (χ3n) is 4.06. The molecule has 1 atom stereocenters. The molecule has 0 unspecified atom stereocenters. The van der Waals surface area contributed by atoms with Crippen LogP contribution in [0.2, 0.25) is 10.0 Å². The summed E-state index contributed by atoms with van der Waals surface area (Å²) >= 11 is 13.5. The summed E-state index contributed by atoms with van der Waals surface area (Å²) in [5.41, 5.74) is 0.565. The van der Waals surface area contributed by atoms with Crippen LogP contribution < -0.4 is 5.32 Å². The minimum atomic E-state index is -3.31. The number of sulfonamides is 1. The van der Waals surface area contributed by atoms with Crippen LogP contribution in [0.1, 0.15) is 12.8 Å². The molecule has 3 rings (SSSR count). The van der Waals surface area contributed by atoms with Crippen LogP contribution in [0.5, 0.6) is 0 Å². The summed E-state index contributed by atoms with van der Waals surface area (Å²) in [6.07, 6.45) is 2.42. The molecule has 1 N–H and O–H groups in total. The lowest BCUT2D eigenvalue weighted by atomic mass is 9.99. The van der Waals surface area contributed by atoms with Gasteiger partial charge in [-0.1, -0.05) is 40.6 Å². The predicted molar refractivity (Wildman–Crippen MR) is 103 cm³/mol. The van der Waals surface area contributed by atoms with E-state index < -0.39 is 15.9 Å². The molecule has 1 fully saturated rings. The summed E-state index contributed by atoms with van der Waals surface area (Å²) in [5.74, 6) is -0.693.